The van der Waals surface area contributed by atoms with Crippen LogP contribution in [-0.4, -0.2) is 43.5 Å². The van der Waals surface area contributed by atoms with Gasteiger partial charge in [-0.25, -0.2) is 0 Å². The van der Waals surface area contributed by atoms with Gasteiger partial charge in [0.1, 0.15) is 0 Å². The summed E-state index contributed by atoms with van der Waals surface area (Å²) >= 11 is 6.76. The Hall–Kier alpha value is -0.920. The van der Waals surface area contributed by atoms with Crippen LogP contribution in [0.25, 0.3) is 0 Å². The topological polar surface area (TPSA) is 58.6 Å². The van der Waals surface area contributed by atoms with Gasteiger partial charge in [-0.1, -0.05) is 22.9 Å². The van der Waals surface area contributed by atoms with Crippen LogP contribution >= 0.6 is 31.9 Å². The molecular formula is C14H18Br2N2O3. The van der Waals surface area contributed by atoms with E-state index in [1.54, 1.807) is 0 Å². The first-order valence-corrected chi connectivity index (χ1v) is 8.09. The number of hydrogen-bond donors (Lipinski definition) is 1. The van der Waals surface area contributed by atoms with Gasteiger partial charge in [0, 0.05) is 15.5 Å². The summed E-state index contributed by atoms with van der Waals surface area (Å²) in [5.41, 5.74) is 0.715. The molecule has 0 aliphatic rings. The van der Waals surface area contributed by atoms with Gasteiger partial charge < -0.3 is 10.1 Å². The van der Waals surface area contributed by atoms with Gasteiger partial charge in [-0.15, -0.1) is 0 Å². The van der Waals surface area contributed by atoms with Crippen LogP contribution in [0.5, 0.6) is 0 Å². The molecule has 1 N–H and O–H groups in total. The summed E-state index contributed by atoms with van der Waals surface area (Å²) in [6.07, 6.45) is 0.277. The summed E-state index contributed by atoms with van der Waals surface area (Å²) in [5.74, 6) is -0.394. The molecule has 0 fully saturated rings. The number of nitrogens with zero attached hydrogens (tertiary/aromatic N) is 1. The lowest BCUT2D eigenvalue weighted by atomic mass is 10.3. The van der Waals surface area contributed by atoms with Crippen LogP contribution in [0, 0.1) is 0 Å². The smallest absolute Gasteiger partial charge is 0.306 e. The van der Waals surface area contributed by atoms with Gasteiger partial charge in [0.15, 0.2) is 0 Å². The number of carbonyl (C=O) groups is 2. The molecule has 116 valence electrons. The third kappa shape index (κ3) is 6.58. The number of likely N-dealkylation sites (N-methyl/N-ethyl adjacent to an activating group) is 1. The monoisotopic (exact) mass is 420 g/mol. The lowest BCUT2D eigenvalue weighted by molar-refractivity contribution is -0.141. The molecule has 0 aromatic heterocycles. The summed E-state index contributed by atoms with van der Waals surface area (Å²) in [5, 5.41) is 2.84. The first kappa shape index (κ1) is 18.1. The van der Waals surface area contributed by atoms with Gasteiger partial charge in [-0.2, -0.15) is 0 Å². The highest BCUT2D eigenvalue weighted by molar-refractivity contribution is 9.11. The maximum atomic E-state index is 12.0. The van der Waals surface area contributed by atoms with Crippen molar-refractivity contribution in [2.75, 3.05) is 32.1 Å². The Labute approximate surface area is 141 Å². The lowest BCUT2D eigenvalue weighted by Crippen LogP contribution is -2.34. The van der Waals surface area contributed by atoms with E-state index in [9.17, 15) is 9.59 Å². The fourth-order valence-corrected chi connectivity index (χ4v) is 2.83. The zero-order valence-electron chi connectivity index (χ0n) is 12.0. The van der Waals surface area contributed by atoms with Crippen molar-refractivity contribution in [3.05, 3.63) is 27.1 Å². The highest BCUT2D eigenvalue weighted by atomic mass is 79.9. The van der Waals surface area contributed by atoms with E-state index in [-0.39, 0.29) is 24.8 Å². The number of nitrogens with one attached hydrogen (secondary N) is 1. The minimum absolute atomic E-state index is 0.121. The second kappa shape index (κ2) is 9.17. The molecule has 1 rings (SSSR count). The Morgan fingerprint density at radius 1 is 1.33 bits per heavy atom. The zero-order valence-corrected chi connectivity index (χ0v) is 15.2. The fourth-order valence-electron chi connectivity index (χ4n) is 1.68. The second-order valence-electron chi connectivity index (χ2n) is 4.37. The predicted octanol–water partition coefficient (Wildman–Crippen LogP) is 3.04. The van der Waals surface area contributed by atoms with E-state index >= 15 is 0 Å². The number of halogens is 2. The lowest BCUT2D eigenvalue weighted by Gasteiger charge is -2.19. The van der Waals surface area contributed by atoms with Crippen LogP contribution in [0.15, 0.2) is 27.1 Å². The van der Waals surface area contributed by atoms with Gasteiger partial charge in [0.05, 0.1) is 25.8 Å². The average Bonchev–Trinajstić information content (AvgIpc) is 2.46. The number of methoxy groups -OCH3 is 1. The molecule has 0 saturated heterocycles. The molecule has 1 aromatic rings. The van der Waals surface area contributed by atoms with Crippen molar-refractivity contribution in [3.63, 3.8) is 0 Å². The van der Waals surface area contributed by atoms with Crippen molar-refractivity contribution >= 4 is 49.4 Å². The number of hydrogen-bond acceptors (Lipinski definition) is 4. The van der Waals surface area contributed by atoms with Crippen molar-refractivity contribution in [1.29, 1.82) is 0 Å². The summed E-state index contributed by atoms with van der Waals surface area (Å²) in [6, 6.07) is 5.54. The van der Waals surface area contributed by atoms with E-state index in [4.69, 9.17) is 0 Å². The number of ether oxygens (including phenoxy) is 1. The van der Waals surface area contributed by atoms with Gasteiger partial charge in [0.25, 0.3) is 0 Å². The molecule has 0 heterocycles. The fraction of sp³-hybridized carbons (Fsp3) is 0.429. The maximum Gasteiger partial charge on any atom is 0.306 e. The van der Waals surface area contributed by atoms with Crippen LogP contribution in [0.3, 0.4) is 0 Å². The predicted molar refractivity (Wildman–Crippen MR) is 89.2 cm³/mol. The van der Waals surface area contributed by atoms with Crippen LogP contribution in [0.4, 0.5) is 5.69 Å². The van der Waals surface area contributed by atoms with E-state index < -0.39 is 0 Å². The van der Waals surface area contributed by atoms with E-state index in [0.29, 0.717) is 18.8 Å². The van der Waals surface area contributed by atoms with Crippen molar-refractivity contribution in [3.8, 4) is 0 Å². The Bertz CT molecular complexity index is 509. The van der Waals surface area contributed by atoms with Crippen LogP contribution < -0.4 is 5.32 Å². The molecule has 21 heavy (non-hydrogen) atoms. The normalized spacial score (nSPS) is 10.5. The molecule has 7 heteroatoms. The number of rotatable bonds is 7. The number of anilines is 1. The standard InChI is InChI=1S/C14H18Br2N2O3/c1-3-18(7-6-14(20)21-2)9-13(19)17-12-5-4-10(15)8-11(12)16/h4-5,8H,3,6-7,9H2,1-2H3,(H,17,19). The average molecular weight is 422 g/mol. The first-order valence-electron chi connectivity index (χ1n) is 6.50. The largest absolute Gasteiger partial charge is 0.469 e. The van der Waals surface area contributed by atoms with Gasteiger partial charge in [-0.3, -0.25) is 14.5 Å². The Kier molecular flexibility index (Phi) is 7.92. The van der Waals surface area contributed by atoms with E-state index in [1.807, 2.05) is 30.0 Å². The molecule has 0 saturated carbocycles. The molecule has 0 atom stereocenters. The van der Waals surface area contributed by atoms with Crippen molar-refractivity contribution in [2.24, 2.45) is 0 Å². The molecule has 1 amide bonds. The highest BCUT2D eigenvalue weighted by Crippen LogP contribution is 2.26. The Balaban J connectivity index is 2.52. The number of carbonyl (C=O) groups excluding carboxylic acids is 2. The first-order chi connectivity index (χ1) is 9.96. The van der Waals surface area contributed by atoms with Crippen molar-refractivity contribution < 1.29 is 14.3 Å². The Morgan fingerprint density at radius 2 is 2.05 bits per heavy atom. The molecule has 0 unspecified atom stereocenters. The van der Waals surface area contributed by atoms with Crippen LogP contribution in [-0.2, 0) is 14.3 Å². The van der Waals surface area contributed by atoms with Gasteiger partial charge in [-0.05, 0) is 40.7 Å². The molecule has 0 bridgehead atoms. The Morgan fingerprint density at radius 3 is 2.62 bits per heavy atom. The van der Waals surface area contributed by atoms with Crippen molar-refractivity contribution in [2.45, 2.75) is 13.3 Å². The van der Waals surface area contributed by atoms with E-state index in [1.165, 1.54) is 7.11 Å². The number of benzene rings is 1. The number of esters is 1. The molecule has 0 spiro atoms. The zero-order chi connectivity index (χ0) is 15.8. The van der Waals surface area contributed by atoms with Gasteiger partial charge >= 0.3 is 5.97 Å². The minimum atomic E-state index is -0.274. The van der Waals surface area contributed by atoms with E-state index in [2.05, 4.69) is 41.9 Å². The van der Waals surface area contributed by atoms with Crippen LogP contribution in [0.2, 0.25) is 0 Å². The summed E-state index contributed by atoms with van der Waals surface area (Å²) in [6.45, 7) is 3.36. The molecule has 5 nitrogen and oxygen atoms in total. The second-order valence-corrected chi connectivity index (χ2v) is 6.14. The summed E-state index contributed by atoms with van der Waals surface area (Å²) < 4.78 is 6.34. The summed E-state index contributed by atoms with van der Waals surface area (Å²) in [4.78, 5) is 25.0. The molecular weight excluding hydrogens is 404 g/mol. The molecule has 1 aromatic carbocycles. The van der Waals surface area contributed by atoms with Gasteiger partial charge in [0.2, 0.25) is 5.91 Å². The van der Waals surface area contributed by atoms with E-state index in [0.717, 1.165) is 8.95 Å². The minimum Gasteiger partial charge on any atom is -0.469 e. The SMILES string of the molecule is CCN(CCC(=O)OC)CC(=O)Nc1ccc(Br)cc1Br. The third-order valence-electron chi connectivity index (χ3n) is 2.88. The van der Waals surface area contributed by atoms with Crippen LogP contribution in [0.1, 0.15) is 13.3 Å². The number of amides is 1. The highest BCUT2D eigenvalue weighted by Gasteiger charge is 2.12. The molecule has 0 aliphatic heterocycles. The molecule has 0 aliphatic carbocycles. The third-order valence-corrected chi connectivity index (χ3v) is 4.03. The molecule has 0 radical (unpaired) electrons. The quantitative estimate of drug-likeness (QED) is 0.687. The maximum absolute atomic E-state index is 12.0. The summed E-state index contributed by atoms with van der Waals surface area (Å²) in [7, 11) is 1.36. The van der Waals surface area contributed by atoms with Crippen molar-refractivity contribution in [1.82, 2.24) is 4.90 Å².